The molecule has 0 atom stereocenters. The Hall–Kier alpha value is -2.30. The number of aromatic nitrogens is 1. The standard InChI is InChI=1S/C16H20N4O/c1-16(2)15(21)19(3)9-10-20(16)13-7-6-12(17)11-5-4-8-18-14(11)13/h4-8H,9-10,17H2,1-3H3. The molecule has 1 aromatic carbocycles. The van der Waals surface area contributed by atoms with Crippen molar-refractivity contribution < 1.29 is 4.79 Å². The molecule has 1 aliphatic heterocycles. The van der Waals surface area contributed by atoms with Crippen LogP contribution < -0.4 is 10.6 Å². The van der Waals surface area contributed by atoms with E-state index in [-0.39, 0.29) is 5.91 Å². The number of amides is 1. The predicted molar refractivity (Wildman–Crippen MR) is 85.2 cm³/mol. The fourth-order valence-electron chi connectivity index (χ4n) is 3.03. The fourth-order valence-corrected chi connectivity index (χ4v) is 3.03. The topological polar surface area (TPSA) is 62.5 Å². The van der Waals surface area contributed by atoms with Gasteiger partial charge in [-0.1, -0.05) is 0 Å². The number of benzene rings is 1. The van der Waals surface area contributed by atoms with E-state index in [2.05, 4.69) is 9.88 Å². The first-order valence-electron chi connectivity index (χ1n) is 7.09. The number of nitrogens with two attached hydrogens (primary N) is 1. The number of hydrogen-bond acceptors (Lipinski definition) is 4. The van der Waals surface area contributed by atoms with Crippen LogP contribution in [0.3, 0.4) is 0 Å². The van der Waals surface area contributed by atoms with Crippen LogP contribution in [0.2, 0.25) is 0 Å². The molecule has 0 saturated carbocycles. The maximum Gasteiger partial charge on any atom is 0.247 e. The first-order valence-corrected chi connectivity index (χ1v) is 7.09. The van der Waals surface area contributed by atoms with Gasteiger partial charge in [0.05, 0.1) is 11.2 Å². The maximum absolute atomic E-state index is 12.5. The van der Waals surface area contributed by atoms with Crippen molar-refractivity contribution in [3.8, 4) is 0 Å². The van der Waals surface area contributed by atoms with Gasteiger partial charge in [-0.2, -0.15) is 0 Å². The lowest BCUT2D eigenvalue weighted by atomic mass is 9.96. The summed E-state index contributed by atoms with van der Waals surface area (Å²) in [4.78, 5) is 20.9. The Balaban J connectivity index is 2.17. The second-order valence-corrected chi connectivity index (χ2v) is 6.01. The van der Waals surface area contributed by atoms with Crippen LogP contribution in [0.15, 0.2) is 30.5 Å². The maximum atomic E-state index is 12.5. The van der Waals surface area contributed by atoms with E-state index < -0.39 is 5.54 Å². The number of carbonyl (C=O) groups is 1. The molecule has 1 amide bonds. The van der Waals surface area contributed by atoms with Crippen molar-refractivity contribution in [2.24, 2.45) is 0 Å². The van der Waals surface area contributed by atoms with Crippen LogP contribution in [0.4, 0.5) is 11.4 Å². The smallest absolute Gasteiger partial charge is 0.247 e. The van der Waals surface area contributed by atoms with Crippen molar-refractivity contribution in [1.82, 2.24) is 9.88 Å². The minimum Gasteiger partial charge on any atom is -0.398 e. The zero-order chi connectivity index (χ0) is 15.2. The summed E-state index contributed by atoms with van der Waals surface area (Å²) >= 11 is 0. The van der Waals surface area contributed by atoms with Gasteiger partial charge in [-0.05, 0) is 38.1 Å². The van der Waals surface area contributed by atoms with E-state index in [4.69, 9.17) is 5.73 Å². The SMILES string of the molecule is CN1CCN(c2ccc(N)c3cccnc23)C(C)(C)C1=O. The van der Waals surface area contributed by atoms with Crippen LogP contribution >= 0.6 is 0 Å². The quantitative estimate of drug-likeness (QED) is 0.812. The van der Waals surface area contributed by atoms with E-state index in [1.165, 1.54) is 0 Å². The first kappa shape index (κ1) is 13.7. The van der Waals surface area contributed by atoms with Gasteiger partial charge in [0.15, 0.2) is 0 Å². The Labute approximate surface area is 124 Å². The molecule has 0 aliphatic carbocycles. The van der Waals surface area contributed by atoms with Gasteiger partial charge in [-0.15, -0.1) is 0 Å². The van der Waals surface area contributed by atoms with E-state index in [1.54, 1.807) is 11.1 Å². The van der Waals surface area contributed by atoms with E-state index in [0.29, 0.717) is 12.2 Å². The van der Waals surface area contributed by atoms with E-state index in [1.807, 2.05) is 45.2 Å². The second kappa shape index (κ2) is 4.62. The number of pyridine rings is 1. The molecule has 1 saturated heterocycles. The third-order valence-electron chi connectivity index (χ3n) is 4.28. The molecule has 110 valence electrons. The molecule has 1 aromatic heterocycles. The molecule has 21 heavy (non-hydrogen) atoms. The predicted octanol–water partition coefficient (Wildman–Crippen LogP) is 1.87. The molecular weight excluding hydrogens is 264 g/mol. The van der Waals surface area contributed by atoms with Gasteiger partial charge in [0, 0.05) is 37.4 Å². The lowest BCUT2D eigenvalue weighted by molar-refractivity contribution is -0.136. The van der Waals surface area contributed by atoms with Crippen molar-refractivity contribution in [2.45, 2.75) is 19.4 Å². The van der Waals surface area contributed by atoms with Gasteiger partial charge >= 0.3 is 0 Å². The second-order valence-electron chi connectivity index (χ2n) is 6.01. The first-order chi connectivity index (χ1) is 9.93. The van der Waals surface area contributed by atoms with Gasteiger partial charge in [0.25, 0.3) is 0 Å². The minimum atomic E-state index is -0.590. The van der Waals surface area contributed by atoms with Crippen molar-refractivity contribution in [3.63, 3.8) is 0 Å². The number of nitrogens with zero attached hydrogens (tertiary/aromatic N) is 3. The summed E-state index contributed by atoms with van der Waals surface area (Å²) in [6, 6.07) is 7.69. The number of likely N-dealkylation sites (N-methyl/N-ethyl adjacent to an activating group) is 1. The number of piperazine rings is 1. The molecule has 3 rings (SSSR count). The average molecular weight is 284 g/mol. The number of carbonyl (C=O) groups excluding carboxylic acids is 1. The molecule has 0 spiro atoms. The highest BCUT2D eigenvalue weighted by atomic mass is 16.2. The highest BCUT2D eigenvalue weighted by Crippen LogP contribution is 2.35. The largest absolute Gasteiger partial charge is 0.398 e. The molecule has 0 unspecified atom stereocenters. The monoisotopic (exact) mass is 284 g/mol. The number of nitrogen functional groups attached to an aromatic ring is 1. The zero-order valence-electron chi connectivity index (χ0n) is 12.6. The minimum absolute atomic E-state index is 0.120. The summed E-state index contributed by atoms with van der Waals surface area (Å²) < 4.78 is 0. The van der Waals surface area contributed by atoms with Crippen LogP contribution in [-0.2, 0) is 4.79 Å². The summed E-state index contributed by atoms with van der Waals surface area (Å²) in [6.07, 6.45) is 1.76. The van der Waals surface area contributed by atoms with Crippen LogP contribution in [0, 0.1) is 0 Å². The summed E-state index contributed by atoms with van der Waals surface area (Å²) in [5.74, 6) is 0.120. The van der Waals surface area contributed by atoms with Crippen molar-refractivity contribution in [1.29, 1.82) is 0 Å². The van der Waals surface area contributed by atoms with Crippen molar-refractivity contribution >= 4 is 28.2 Å². The highest BCUT2D eigenvalue weighted by Gasteiger charge is 2.41. The third-order valence-corrected chi connectivity index (χ3v) is 4.28. The number of fused-ring (bicyclic) bond motifs is 1. The number of rotatable bonds is 1. The molecule has 2 aromatic rings. The van der Waals surface area contributed by atoms with Crippen LogP contribution in [0.25, 0.3) is 10.9 Å². The van der Waals surface area contributed by atoms with Crippen molar-refractivity contribution in [3.05, 3.63) is 30.5 Å². The summed E-state index contributed by atoms with van der Waals surface area (Å²) in [7, 11) is 1.85. The van der Waals surface area contributed by atoms with E-state index in [0.717, 1.165) is 23.1 Å². The van der Waals surface area contributed by atoms with Crippen LogP contribution in [0.5, 0.6) is 0 Å². The Morgan fingerprint density at radius 3 is 2.76 bits per heavy atom. The lowest BCUT2D eigenvalue weighted by Gasteiger charge is -2.46. The normalized spacial score (nSPS) is 18.3. The van der Waals surface area contributed by atoms with E-state index in [9.17, 15) is 4.79 Å². The Morgan fingerprint density at radius 1 is 1.24 bits per heavy atom. The van der Waals surface area contributed by atoms with Gasteiger partial charge in [-0.3, -0.25) is 9.78 Å². The van der Waals surface area contributed by atoms with Gasteiger partial charge in [0.2, 0.25) is 5.91 Å². The molecule has 0 radical (unpaired) electrons. The molecule has 1 aliphatic rings. The van der Waals surface area contributed by atoms with Crippen molar-refractivity contribution in [2.75, 3.05) is 30.8 Å². The molecule has 0 bridgehead atoms. The van der Waals surface area contributed by atoms with Gasteiger partial charge in [-0.25, -0.2) is 0 Å². The summed E-state index contributed by atoms with van der Waals surface area (Å²) in [5, 5.41) is 0.928. The third kappa shape index (κ3) is 2.00. The molecule has 1 fully saturated rings. The fraction of sp³-hybridized carbons (Fsp3) is 0.375. The Bertz CT molecular complexity index is 710. The van der Waals surface area contributed by atoms with Crippen LogP contribution in [-0.4, -0.2) is 41.5 Å². The van der Waals surface area contributed by atoms with Gasteiger partial charge < -0.3 is 15.5 Å². The summed E-state index contributed by atoms with van der Waals surface area (Å²) in [5.41, 5.74) is 7.97. The summed E-state index contributed by atoms with van der Waals surface area (Å²) in [6.45, 7) is 5.40. The van der Waals surface area contributed by atoms with Gasteiger partial charge in [0.1, 0.15) is 5.54 Å². The Kier molecular flexibility index (Phi) is 3.01. The molecular formula is C16H20N4O. The zero-order valence-corrected chi connectivity index (χ0v) is 12.6. The van der Waals surface area contributed by atoms with E-state index >= 15 is 0 Å². The molecule has 5 heteroatoms. The highest BCUT2D eigenvalue weighted by molar-refractivity contribution is 6.01. The Morgan fingerprint density at radius 2 is 2.00 bits per heavy atom. The number of anilines is 2. The van der Waals surface area contributed by atoms with Crippen LogP contribution in [0.1, 0.15) is 13.8 Å². The average Bonchev–Trinajstić information content (AvgIpc) is 2.47. The lowest BCUT2D eigenvalue weighted by Crippen LogP contribution is -2.62. The molecule has 5 nitrogen and oxygen atoms in total. The molecule has 2 heterocycles. The molecule has 2 N–H and O–H groups in total. The number of hydrogen-bond donors (Lipinski definition) is 1.